The second-order valence-electron chi connectivity index (χ2n) is 6.62. The van der Waals surface area contributed by atoms with Gasteiger partial charge in [0.25, 0.3) is 0 Å². The Morgan fingerprint density at radius 2 is 1.61 bits per heavy atom. The first kappa shape index (κ1) is 26.6. The van der Waals surface area contributed by atoms with E-state index in [9.17, 15) is 29.4 Å². The molecule has 0 aromatic heterocycles. The van der Waals surface area contributed by atoms with E-state index in [1.165, 1.54) is 23.9 Å². The molecule has 3 unspecified atom stereocenters. The zero-order valence-corrected chi connectivity index (χ0v) is 18.7. The number of aliphatic carboxylic acids is 1. The molecule has 1 aromatic carbocycles. The van der Waals surface area contributed by atoms with Crippen LogP contribution in [0.2, 0.25) is 0 Å². The summed E-state index contributed by atoms with van der Waals surface area (Å²) in [5, 5.41) is 26.3. The van der Waals surface area contributed by atoms with Gasteiger partial charge in [-0.05, 0) is 36.1 Å². The van der Waals surface area contributed by atoms with Crippen LogP contribution in [-0.4, -0.2) is 76.3 Å². The lowest BCUT2D eigenvalue weighted by molar-refractivity contribution is -0.142. The van der Waals surface area contributed by atoms with Gasteiger partial charge in [-0.1, -0.05) is 12.1 Å². The number of hydrogen-bond acceptors (Lipinski definition) is 8. The van der Waals surface area contributed by atoms with Gasteiger partial charge in [0.1, 0.15) is 23.9 Å². The van der Waals surface area contributed by atoms with Crippen molar-refractivity contribution < 1.29 is 29.4 Å². The number of phenols is 1. The Bertz CT molecular complexity index is 762. The highest BCUT2D eigenvalue weighted by molar-refractivity contribution is 7.98. The summed E-state index contributed by atoms with van der Waals surface area (Å²) in [6.45, 7) is -0.300. The predicted molar refractivity (Wildman–Crippen MR) is 121 cm³/mol. The number of hydrogen-bond donors (Lipinski definition) is 7. The average Bonchev–Trinajstić information content (AvgIpc) is 2.75. The fourth-order valence-electron chi connectivity index (χ4n) is 2.56. The Morgan fingerprint density at radius 3 is 2.13 bits per heavy atom. The average molecular weight is 473 g/mol. The molecule has 3 atom stereocenters. The number of thioether (sulfide) groups is 1. The van der Waals surface area contributed by atoms with Crippen LogP contribution >= 0.6 is 24.4 Å². The van der Waals surface area contributed by atoms with E-state index in [0.717, 1.165) is 0 Å². The molecule has 7 N–H and O–H groups in total. The lowest BCUT2D eigenvalue weighted by Crippen LogP contribution is -2.57. The van der Waals surface area contributed by atoms with Gasteiger partial charge < -0.3 is 31.9 Å². The molecule has 0 heterocycles. The zero-order valence-electron chi connectivity index (χ0n) is 17.0. The molecule has 0 radical (unpaired) electrons. The third kappa shape index (κ3) is 9.49. The summed E-state index contributed by atoms with van der Waals surface area (Å²) < 4.78 is 0. The minimum Gasteiger partial charge on any atom is -0.508 e. The van der Waals surface area contributed by atoms with Crippen molar-refractivity contribution in [2.24, 2.45) is 5.73 Å². The predicted octanol–water partition coefficient (Wildman–Crippen LogP) is -0.885. The Labute approximate surface area is 190 Å². The molecule has 0 aliphatic carbocycles. The molecule has 12 heteroatoms. The lowest BCUT2D eigenvalue weighted by Gasteiger charge is -2.24. The molecular formula is C19H28N4O6S2. The lowest BCUT2D eigenvalue weighted by atomic mass is 10.0. The number of rotatable bonds is 13. The number of thiol groups is 1. The molecule has 0 saturated carbocycles. The van der Waals surface area contributed by atoms with E-state index in [1.54, 1.807) is 12.1 Å². The number of carboxylic acid groups (broad SMARTS) is 1. The number of carboxylic acids is 1. The summed E-state index contributed by atoms with van der Waals surface area (Å²) in [6.07, 6.45) is 2.09. The van der Waals surface area contributed by atoms with E-state index in [2.05, 4.69) is 28.6 Å². The van der Waals surface area contributed by atoms with Gasteiger partial charge in [-0.3, -0.25) is 14.4 Å². The molecule has 3 amide bonds. The van der Waals surface area contributed by atoms with Crippen molar-refractivity contribution in [3.05, 3.63) is 29.8 Å². The van der Waals surface area contributed by atoms with Crippen molar-refractivity contribution in [3.8, 4) is 5.75 Å². The van der Waals surface area contributed by atoms with Crippen LogP contribution < -0.4 is 21.7 Å². The minimum absolute atomic E-state index is 0.00360. The van der Waals surface area contributed by atoms with E-state index in [4.69, 9.17) is 5.73 Å². The highest BCUT2D eigenvalue weighted by Crippen LogP contribution is 2.12. The second-order valence-corrected chi connectivity index (χ2v) is 7.97. The molecule has 0 fully saturated rings. The molecular weight excluding hydrogens is 444 g/mol. The minimum atomic E-state index is -1.24. The number of nitrogens with one attached hydrogen (secondary N) is 3. The summed E-state index contributed by atoms with van der Waals surface area (Å²) >= 11 is 5.50. The number of nitrogens with two attached hydrogens (primary N) is 1. The highest BCUT2D eigenvalue weighted by atomic mass is 32.2. The summed E-state index contributed by atoms with van der Waals surface area (Å²) in [5.74, 6) is -2.49. The molecule has 0 bridgehead atoms. The number of phenolic OH excluding ortho intramolecular Hbond substituents is 1. The van der Waals surface area contributed by atoms with Crippen molar-refractivity contribution in [2.75, 3.05) is 24.3 Å². The van der Waals surface area contributed by atoms with Crippen molar-refractivity contribution in [2.45, 2.75) is 31.0 Å². The van der Waals surface area contributed by atoms with Gasteiger partial charge in [-0.2, -0.15) is 24.4 Å². The molecule has 0 aliphatic rings. The maximum absolute atomic E-state index is 12.8. The molecule has 10 nitrogen and oxygen atoms in total. The smallest absolute Gasteiger partial charge is 0.326 e. The zero-order chi connectivity index (χ0) is 23.4. The summed E-state index contributed by atoms with van der Waals surface area (Å²) in [5.41, 5.74) is 5.85. The normalized spacial score (nSPS) is 13.5. The molecule has 31 heavy (non-hydrogen) atoms. The van der Waals surface area contributed by atoms with Crippen molar-refractivity contribution in [1.29, 1.82) is 0 Å². The van der Waals surface area contributed by atoms with Crippen molar-refractivity contribution >= 4 is 48.1 Å². The summed E-state index contributed by atoms with van der Waals surface area (Å²) in [6, 6.07) is 2.73. The van der Waals surface area contributed by atoms with E-state index in [-0.39, 0.29) is 30.9 Å². The molecule has 1 rings (SSSR count). The SMILES string of the molecule is CSCCC(NC(=O)C(CS)NC(=O)CN)C(=O)NC(Cc1ccc(O)cc1)C(=O)O. The number of amides is 3. The van der Waals surface area contributed by atoms with Crippen molar-refractivity contribution in [3.63, 3.8) is 0 Å². The Hall–Kier alpha value is -2.44. The first-order chi connectivity index (χ1) is 14.7. The molecule has 0 spiro atoms. The van der Waals surface area contributed by atoms with Gasteiger partial charge in [0.15, 0.2) is 0 Å². The van der Waals surface area contributed by atoms with Crippen LogP contribution in [0.4, 0.5) is 0 Å². The molecule has 1 aromatic rings. The quantitative estimate of drug-likeness (QED) is 0.181. The third-order valence-electron chi connectivity index (χ3n) is 4.25. The highest BCUT2D eigenvalue weighted by Gasteiger charge is 2.29. The fraction of sp³-hybridized carbons (Fsp3) is 0.474. The van der Waals surface area contributed by atoms with Gasteiger partial charge in [-0.15, -0.1) is 0 Å². The molecule has 0 saturated heterocycles. The number of carbonyl (C=O) groups is 4. The largest absolute Gasteiger partial charge is 0.508 e. The standard InChI is InChI=1S/C19H28N4O6S2/c1-31-7-6-13(22-18(27)15(10-30)21-16(25)9-20)17(26)23-14(19(28)29)8-11-2-4-12(24)5-3-11/h2-5,13-15,24,30H,6-10,20H2,1H3,(H,21,25)(H,22,27)(H,23,26)(H,28,29). The maximum atomic E-state index is 12.8. The van der Waals surface area contributed by atoms with Crippen LogP contribution in [0.15, 0.2) is 24.3 Å². The van der Waals surface area contributed by atoms with E-state index < -0.39 is 41.8 Å². The Kier molecular flexibility index (Phi) is 11.8. The van der Waals surface area contributed by atoms with E-state index in [1.807, 2.05) is 6.26 Å². The molecule has 0 aliphatic heterocycles. The third-order valence-corrected chi connectivity index (χ3v) is 5.26. The first-order valence-electron chi connectivity index (χ1n) is 9.42. The number of aromatic hydroxyl groups is 1. The Balaban J connectivity index is 2.88. The van der Waals surface area contributed by atoms with Crippen LogP contribution in [0.5, 0.6) is 5.75 Å². The topological polar surface area (TPSA) is 171 Å². The Morgan fingerprint density at radius 1 is 1.03 bits per heavy atom. The number of carbonyl (C=O) groups excluding carboxylic acids is 3. The van der Waals surface area contributed by atoms with Crippen LogP contribution in [0.1, 0.15) is 12.0 Å². The van der Waals surface area contributed by atoms with Gasteiger partial charge in [0.2, 0.25) is 17.7 Å². The summed E-state index contributed by atoms with van der Waals surface area (Å²) in [4.78, 5) is 48.4. The van der Waals surface area contributed by atoms with Gasteiger partial charge in [-0.25, -0.2) is 4.79 Å². The first-order valence-corrected chi connectivity index (χ1v) is 11.4. The maximum Gasteiger partial charge on any atom is 0.326 e. The van der Waals surface area contributed by atoms with Crippen LogP contribution in [0.3, 0.4) is 0 Å². The monoisotopic (exact) mass is 472 g/mol. The van der Waals surface area contributed by atoms with Crippen LogP contribution in [0, 0.1) is 0 Å². The van der Waals surface area contributed by atoms with E-state index in [0.29, 0.717) is 11.3 Å². The van der Waals surface area contributed by atoms with Gasteiger partial charge in [0.05, 0.1) is 6.54 Å². The van der Waals surface area contributed by atoms with Gasteiger partial charge in [0, 0.05) is 12.2 Å². The number of benzene rings is 1. The summed E-state index contributed by atoms with van der Waals surface area (Å²) in [7, 11) is 0. The van der Waals surface area contributed by atoms with Crippen LogP contribution in [0.25, 0.3) is 0 Å². The molecule has 172 valence electrons. The van der Waals surface area contributed by atoms with Gasteiger partial charge >= 0.3 is 5.97 Å². The van der Waals surface area contributed by atoms with E-state index >= 15 is 0 Å². The second kappa shape index (κ2) is 13.8. The van der Waals surface area contributed by atoms with Crippen LogP contribution in [-0.2, 0) is 25.6 Å². The fourth-order valence-corrected chi connectivity index (χ4v) is 3.29. The van der Waals surface area contributed by atoms with Crippen molar-refractivity contribution in [1.82, 2.24) is 16.0 Å².